The first-order chi connectivity index (χ1) is 7.65. The summed E-state index contributed by atoms with van der Waals surface area (Å²) in [5.41, 5.74) is 0.923. The highest BCUT2D eigenvalue weighted by molar-refractivity contribution is 5.49. The Labute approximate surface area is 97.0 Å². The van der Waals surface area contributed by atoms with E-state index in [0.29, 0.717) is 5.92 Å². The Kier molecular flexibility index (Phi) is 4.65. The van der Waals surface area contributed by atoms with Gasteiger partial charge in [0.2, 0.25) is 0 Å². The van der Waals surface area contributed by atoms with Crippen molar-refractivity contribution in [3.63, 3.8) is 0 Å². The molecule has 0 radical (unpaired) electrons. The van der Waals surface area contributed by atoms with Gasteiger partial charge in [0.05, 0.1) is 13.2 Å². The molecule has 86 valence electrons. The predicted octanol–water partition coefficient (Wildman–Crippen LogP) is 3.05. The summed E-state index contributed by atoms with van der Waals surface area (Å²) in [6, 6.07) is 9.74. The molecule has 1 aromatic rings. The highest BCUT2D eigenvalue weighted by Gasteiger charge is 2.09. The van der Waals surface area contributed by atoms with E-state index in [1.165, 1.54) is 0 Å². The number of rotatable bonds is 5. The smallest absolute Gasteiger partial charge is 0.120 e. The van der Waals surface area contributed by atoms with Crippen LogP contribution in [0.3, 0.4) is 0 Å². The minimum atomic E-state index is -0.146. The molecule has 1 N–H and O–H groups in total. The number of nitriles is 1. The van der Waals surface area contributed by atoms with Crippen LogP contribution in [-0.4, -0.2) is 13.2 Å². The first kappa shape index (κ1) is 12.4. The Balaban J connectivity index is 2.67. The Hall–Kier alpha value is -1.69. The van der Waals surface area contributed by atoms with E-state index in [4.69, 9.17) is 10.00 Å². The molecule has 0 spiro atoms. The fraction of sp³-hybridized carbons (Fsp3) is 0.462. The monoisotopic (exact) mass is 218 g/mol. The minimum absolute atomic E-state index is 0.146. The first-order valence-electron chi connectivity index (χ1n) is 5.46. The number of methoxy groups -OCH3 is 1. The first-order valence-corrected chi connectivity index (χ1v) is 5.46. The summed E-state index contributed by atoms with van der Waals surface area (Å²) in [6.07, 6.45) is 0.841. The maximum Gasteiger partial charge on any atom is 0.120 e. The molecule has 0 aromatic heterocycles. The molecule has 0 aliphatic heterocycles. The summed E-state index contributed by atoms with van der Waals surface area (Å²) in [6.45, 7) is 4.22. The molecule has 0 saturated carbocycles. The van der Waals surface area contributed by atoms with Crippen molar-refractivity contribution in [1.82, 2.24) is 0 Å². The zero-order chi connectivity index (χ0) is 12.0. The number of hydrogen-bond acceptors (Lipinski definition) is 3. The molecule has 0 saturated heterocycles. The van der Waals surface area contributed by atoms with E-state index in [2.05, 4.69) is 25.2 Å². The molecule has 0 heterocycles. The van der Waals surface area contributed by atoms with Crippen LogP contribution in [0.1, 0.15) is 20.3 Å². The molecule has 1 unspecified atom stereocenters. The van der Waals surface area contributed by atoms with Gasteiger partial charge >= 0.3 is 0 Å². The SMILES string of the molecule is COc1cccc(NC(C#N)CC(C)C)c1. The lowest BCUT2D eigenvalue weighted by Crippen LogP contribution is -2.19. The van der Waals surface area contributed by atoms with Gasteiger partial charge in [0.1, 0.15) is 11.8 Å². The van der Waals surface area contributed by atoms with E-state index in [-0.39, 0.29) is 6.04 Å². The number of anilines is 1. The van der Waals surface area contributed by atoms with E-state index < -0.39 is 0 Å². The maximum atomic E-state index is 9.02. The third-order valence-corrected chi connectivity index (χ3v) is 2.27. The van der Waals surface area contributed by atoms with Crippen molar-refractivity contribution in [3.8, 4) is 11.8 Å². The number of benzene rings is 1. The van der Waals surface area contributed by atoms with Crippen LogP contribution < -0.4 is 10.1 Å². The Morgan fingerprint density at radius 1 is 1.44 bits per heavy atom. The largest absolute Gasteiger partial charge is 0.497 e. The predicted molar refractivity (Wildman–Crippen MR) is 65.5 cm³/mol. The van der Waals surface area contributed by atoms with E-state index in [9.17, 15) is 0 Å². The third-order valence-electron chi connectivity index (χ3n) is 2.27. The van der Waals surface area contributed by atoms with Gasteiger partial charge in [-0.05, 0) is 24.5 Å². The van der Waals surface area contributed by atoms with Crippen LogP contribution in [0.25, 0.3) is 0 Å². The normalized spacial score (nSPS) is 11.9. The minimum Gasteiger partial charge on any atom is -0.497 e. The van der Waals surface area contributed by atoms with Gasteiger partial charge in [0, 0.05) is 11.8 Å². The molecule has 0 bridgehead atoms. The summed E-state index contributed by atoms with van der Waals surface area (Å²) in [4.78, 5) is 0. The van der Waals surface area contributed by atoms with E-state index in [1.54, 1.807) is 7.11 Å². The molecule has 3 nitrogen and oxygen atoms in total. The van der Waals surface area contributed by atoms with Gasteiger partial charge < -0.3 is 10.1 Å². The van der Waals surface area contributed by atoms with Gasteiger partial charge in [-0.2, -0.15) is 5.26 Å². The summed E-state index contributed by atoms with van der Waals surface area (Å²) in [5.74, 6) is 1.30. The van der Waals surface area contributed by atoms with Crippen LogP contribution in [-0.2, 0) is 0 Å². The zero-order valence-electron chi connectivity index (χ0n) is 10.0. The molecular formula is C13H18N2O. The quantitative estimate of drug-likeness (QED) is 0.826. The Morgan fingerprint density at radius 3 is 2.75 bits per heavy atom. The number of ether oxygens (including phenoxy) is 1. The van der Waals surface area contributed by atoms with Gasteiger partial charge in [0.25, 0.3) is 0 Å². The van der Waals surface area contributed by atoms with Crippen molar-refractivity contribution in [2.45, 2.75) is 26.3 Å². The van der Waals surface area contributed by atoms with Crippen molar-refractivity contribution in [2.24, 2.45) is 5.92 Å². The van der Waals surface area contributed by atoms with Crippen molar-refractivity contribution in [3.05, 3.63) is 24.3 Å². The number of hydrogen-bond donors (Lipinski definition) is 1. The second-order valence-corrected chi connectivity index (χ2v) is 4.19. The van der Waals surface area contributed by atoms with Gasteiger partial charge in [-0.1, -0.05) is 19.9 Å². The van der Waals surface area contributed by atoms with Gasteiger partial charge in [-0.25, -0.2) is 0 Å². The zero-order valence-corrected chi connectivity index (χ0v) is 10.0. The van der Waals surface area contributed by atoms with Crippen LogP contribution >= 0.6 is 0 Å². The third kappa shape index (κ3) is 3.82. The lowest BCUT2D eigenvalue weighted by molar-refractivity contribution is 0.415. The molecule has 0 amide bonds. The fourth-order valence-electron chi connectivity index (χ4n) is 1.53. The van der Waals surface area contributed by atoms with Crippen LogP contribution in [0.2, 0.25) is 0 Å². The topological polar surface area (TPSA) is 45.0 Å². The summed E-state index contributed by atoms with van der Waals surface area (Å²) in [5, 5.41) is 12.2. The molecule has 0 fully saturated rings. The van der Waals surface area contributed by atoms with Crippen molar-refractivity contribution in [1.29, 1.82) is 5.26 Å². The highest BCUT2D eigenvalue weighted by atomic mass is 16.5. The molecule has 1 aromatic carbocycles. The van der Waals surface area contributed by atoms with Crippen molar-refractivity contribution < 1.29 is 4.74 Å². The average Bonchev–Trinajstić information content (AvgIpc) is 2.28. The van der Waals surface area contributed by atoms with E-state index in [0.717, 1.165) is 17.9 Å². The molecule has 3 heteroatoms. The lowest BCUT2D eigenvalue weighted by Gasteiger charge is -2.15. The fourth-order valence-corrected chi connectivity index (χ4v) is 1.53. The molecule has 1 atom stereocenters. The van der Waals surface area contributed by atoms with Crippen LogP contribution in [0.5, 0.6) is 5.75 Å². The lowest BCUT2D eigenvalue weighted by atomic mass is 10.0. The molecule has 1 rings (SSSR count). The summed E-state index contributed by atoms with van der Waals surface area (Å²) >= 11 is 0. The van der Waals surface area contributed by atoms with E-state index >= 15 is 0 Å². The van der Waals surface area contributed by atoms with Crippen molar-refractivity contribution >= 4 is 5.69 Å². The molecule has 0 aliphatic rings. The number of nitrogens with zero attached hydrogens (tertiary/aromatic N) is 1. The van der Waals surface area contributed by atoms with Gasteiger partial charge in [-0.15, -0.1) is 0 Å². The summed E-state index contributed by atoms with van der Waals surface area (Å²) < 4.78 is 5.13. The van der Waals surface area contributed by atoms with Gasteiger partial charge in [-0.3, -0.25) is 0 Å². The molecular weight excluding hydrogens is 200 g/mol. The van der Waals surface area contributed by atoms with Crippen LogP contribution in [0, 0.1) is 17.2 Å². The second kappa shape index (κ2) is 6.02. The van der Waals surface area contributed by atoms with Gasteiger partial charge in [0.15, 0.2) is 0 Å². The Morgan fingerprint density at radius 2 is 2.19 bits per heavy atom. The standard InChI is InChI=1S/C13H18N2O/c1-10(2)7-12(9-14)15-11-5-4-6-13(8-11)16-3/h4-6,8,10,12,15H,7H2,1-3H3. The highest BCUT2D eigenvalue weighted by Crippen LogP contribution is 2.18. The van der Waals surface area contributed by atoms with Crippen LogP contribution in [0.15, 0.2) is 24.3 Å². The molecule has 0 aliphatic carbocycles. The number of nitrogens with one attached hydrogen (secondary N) is 1. The Bertz CT molecular complexity index is 368. The average molecular weight is 218 g/mol. The molecule has 16 heavy (non-hydrogen) atoms. The second-order valence-electron chi connectivity index (χ2n) is 4.19. The van der Waals surface area contributed by atoms with E-state index in [1.807, 2.05) is 24.3 Å². The van der Waals surface area contributed by atoms with Crippen molar-refractivity contribution in [2.75, 3.05) is 12.4 Å². The maximum absolute atomic E-state index is 9.02. The summed E-state index contributed by atoms with van der Waals surface area (Å²) in [7, 11) is 1.63. The van der Waals surface area contributed by atoms with Crippen LogP contribution in [0.4, 0.5) is 5.69 Å².